The topological polar surface area (TPSA) is 3.24 Å². The highest BCUT2D eigenvalue weighted by Gasteiger charge is 2.33. The van der Waals surface area contributed by atoms with Gasteiger partial charge in [-0.1, -0.05) is 33.6 Å². The molecule has 0 amide bonds. The van der Waals surface area contributed by atoms with E-state index in [4.69, 9.17) is 0 Å². The Labute approximate surface area is 96.2 Å². The van der Waals surface area contributed by atoms with Crippen LogP contribution in [0.2, 0.25) is 0 Å². The fraction of sp³-hybridized carbons (Fsp3) is 1.00. The number of hydrogen-bond acceptors (Lipinski definition) is 1. The molecule has 1 fully saturated rings. The standard InChI is InChI=1S/C14H29N/c1-5-9-14(3,10-6-2)13-7-11-15(4)12-8-13/h13H,5-12H2,1-4H3. The molecule has 0 aromatic rings. The first-order valence-corrected chi connectivity index (χ1v) is 6.81. The van der Waals surface area contributed by atoms with Crippen molar-refractivity contribution in [3.63, 3.8) is 0 Å². The zero-order chi connectivity index (χ0) is 11.3. The highest BCUT2D eigenvalue weighted by Crippen LogP contribution is 2.42. The zero-order valence-corrected chi connectivity index (χ0v) is 11.2. The lowest BCUT2D eigenvalue weighted by Crippen LogP contribution is -2.38. The van der Waals surface area contributed by atoms with Gasteiger partial charge in [-0.05, 0) is 57.2 Å². The van der Waals surface area contributed by atoms with Crippen molar-refractivity contribution < 1.29 is 0 Å². The molecule has 1 saturated heterocycles. The van der Waals surface area contributed by atoms with Crippen LogP contribution in [0.5, 0.6) is 0 Å². The SMILES string of the molecule is CCCC(C)(CCC)C1CCN(C)CC1. The van der Waals surface area contributed by atoms with Crippen molar-refractivity contribution >= 4 is 0 Å². The third-order valence-electron chi connectivity index (χ3n) is 4.35. The fourth-order valence-electron chi connectivity index (χ4n) is 3.38. The van der Waals surface area contributed by atoms with E-state index in [1.165, 1.54) is 51.6 Å². The molecule has 90 valence electrons. The summed E-state index contributed by atoms with van der Waals surface area (Å²) in [5.74, 6) is 0.980. The second-order valence-electron chi connectivity index (χ2n) is 5.73. The molecular formula is C14H29N. The van der Waals surface area contributed by atoms with Crippen LogP contribution in [-0.2, 0) is 0 Å². The molecule has 0 atom stereocenters. The molecule has 1 heterocycles. The van der Waals surface area contributed by atoms with Gasteiger partial charge < -0.3 is 4.90 Å². The fourth-order valence-corrected chi connectivity index (χ4v) is 3.38. The molecule has 1 rings (SSSR count). The van der Waals surface area contributed by atoms with Gasteiger partial charge in [-0.15, -0.1) is 0 Å². The van der Waals surface area contributed by atoms with Gasteiger partial charge in [-0.25, -0.2) is 0 Å². The van der Waals surface area contributed by atoms with Crippen LogP contribution in [-0.4, -0.2) is 25.0 Å². The molecule has 1 nitrogen and oxygen atoms in total. The van der Waals surface area contributed by atoms with E-state index in [1.54, 1.807) is 0 Å². The van der Waals surface area contributed by atoms with Crippen LogP contribution in [0.15, 0.2) is 0 Å². The minimum absolute atomic E-state index is 0.630. The van der Waals surface area contributed by atoms with Gasteiger partial charge in [-0.3, -0.25) is 0 Å². The zero-order valence-electron chi connectivity index (χ0n) is 11.2. The monoisotopic (exact) mass is 211 g/mol. The van der Waals surface area contributed by atoms with Crippen molar-refractivity contribution in [2.24, 2.45) is 11.3 Å². The summed E-state index contributed by atoms with van der Waals surface area (Å²) < 4.78 is 0. The summed E-state index contributed by atoms with van der Waals surface area (Å²) in [4.78, 5) is 2.48. The normalized spacial score (nSPS) is 20.8. The third kappa shape index (κ3) is 3.48. The average Bonchev–Trinajstić information content (AvgIpc) is 2.19. The molecule has 0 bridgehead atoms. The lowest BCUT2D eigenvalue weighted by molar-refractivity contribution is 0.0816. The minimum atomic E-state index is 0.630. The van der Waals surface area contributed by atoms with Crippen molar-refractivity contribution in [3.8, 4) is 0 Å². The smallest absolute Gasteiger partial charge is 0.00189 e. The van der Waals surface area contributed by atoms with Gasteiger partial charge in [0.2, 0.25) is 0 Å². The Morgan fingerprint density at radius 1 is 1.07 bits per heavy atom. The van der Waals surface area contributed by atoms with Crippen LogP contribution in [0, 0.1) is 11.3 Å². The molecular weight excluding hydrogens is 182 g/mol. The summed E-state index contributed by atoms with van der Waals surface area (Å²) in [6, 6.07) is 0. The summed E-state index contributed by atoms with van der Waals surface area (Å²) in [6.45, 7) is 9.84. The molecule has 0 N–H and O–H groups in total. The second kappa shape index (κ2) is 5.89. The molecule has 0 saturated carbocycles. The third-order valence-corrected chi connectivity index (χ3v) is 4.35. The van der Waals surface area contributed by atoms with E-state index in [9.17, 15) is 0 Å². The first-order valence-electron chi connectivity index (χ1n) is 6.81. The van der Waals surface area contributed by atoms with E-state index in [-0.39, 0.29) is 0 Å². The average molecular weight is 211 g/mol. The number of nitrogens with zero attached hydrogens (tertiary/aromatic N) is 1. The van der Waals surface area contributed by atoms with E-state index < -0.39 is 0 Å². The Bertz CT molecular complexity index is 162. The van der Waals surface area contributed by atoms with Crippen LogP contribution in [0.4, 0.5) is 0 Å². The Kier molecular flexibility index (Phi) is 5.11. The first-order chi connectivity index (χ1) is 7.12. The van der Waals surface area contributed by atoms with Gasteiger partial charge in [0, 0.05) is 0 Å². The van der Waals surface area contributed by atoms with Crippen molar-refractivity contribution in [2.45, 2.75) is 59.3 Å². The maximum absolute atomic E-state index is 2.54. The second-order valence-corrected chi connectivity index (χ2v) is 5.73. The minimum Gasteiger partial charge on any atom is -0.306 e. The Morgan fingerprint density at radius 3 is 1.93 bits per heavy atom. The summed E-state index contributed by atoms with van der Waals surface area (Å²) >= 11 is 0. The molecule has 15 heavy (non-hydrogen) atoms. The van der Waals surface area contributed by atoms with Crippen LogP contribution < -0.4 is 0 Å². The van der Waals surface area contributed by atoms with E-state index >= 15 is 0 Å². The van der Waals surface area contributed by atoms with Gasteiger partial charge in [0.15, 0.2) is 0 Å². The molecule has 1 aliphatic heterocycles. The molecule has 0 aromatic carbocycles. The van der Waals surface area contributed by atoms with Crippen LogP contribution in [0.1, 0.15) is 59.3 Å². The van der Waals surface area contributed by atoms with Crippen molar-refractivity contribution in [1.29, 1.82) is 0 Å². The van der Waals surface area contributed by atoms with Crippen LogP contribution in [0.3, 0.4) is 0 Å². The van der Waals surface area contributed by atoms with Crippen molar-refractivity contribution in [2.75, 3.05) is 20.1 Å². The molecule has 0 radical (unpaired) electrons. The molecule has 1 heteroatoms. The van der Waals surface area contributed by atoms with E-state index in [0.717, 1.165) is 5.92 Å². The molecule has 0 aliphatic carbocycles. The highest BCUT2D eigenvalue weighted by atomic mass is 15.1. The van der Waals surface area contributed by atoms with Gasteiger partial charge >= 0.3 is 0 Å². The molecule has 0 unspecified atom stereocenters. The summed E-state index contributed by atoms with van der Waals surface area (Å²) in [5, 5.41) is 0. The number of piperidine rings is 1. The highest BCUT2D eigenvalue weighted by molar-refractivity contribution is 4.85. The molecule has 0 aromatic heterocycles. The van der Waals surface area contributed by atoms with Crippen LogP contribution >= 0.6 is 0 Å². The van der Waals surface area contributed by atoms with Gasteiger partial charge in [0.25, 0.3) is 0 Å². The summed E-state index contributed by atoms with van der Waals surface area (Å²) in [6.07, 6.45) is 8.40. The van der Waals surface area contributed by atoms with E-state index in [0.29, 0.717) is 5.41 Å². The Morgan fingerprint density at radius 2 is 1.53 bits per heavy atom. The maximum atomic E-state index is 2.54. The van der Waals surface area contributed by atoms with E-state index in [1.807, 2.05) is 0 Å². The predicted molar refractivity (Wildman–Crippen MR) is 68.1 cm³/mol. The maximum Gasteiger partial charge on any atom is -0.00189 e. The summed E-state index contributed by atoms with van der Waals surface area (Å²) in [5.41, 5.74) is 0.630. The predicted octanol–water partition coefficient (Wildman–Crippen LogP) is 3.93. The molecule has 0 spiro atoms. The van der Waals surface area contributed by atoms with Gasteiger partial charge in [0.1, 0.15) is 0 Å². The number of hydrogen-bond donors (Lipinski definition) is 0. The van der Waals surface area contributed by atoms with Crippen molar-refractivity contribution in [3.05, 3.63) is 0 Å². The van der Waals surface area contributed by atoms with Gasteiger partial charge in [-0.2, -0.15) is 0 Å². The van der Waals surface area contributed by atoms with E-state index in [2.05, 4.69) is 32.7 Å². The lowest BCUT2D eigenvalue weighted by atomic mass is 9.67. The lowest BCUT2D eigenvalue weighted by Gasteiger charge is -2.42. The van der Waals surface area contributed by atoms with Gasteiger partial charge in [0.05, 0.1) is 0 Å². The quantitative estimate of drug-likeness (QED) is 0.666. The first kappa shape index (κ1) is 13.0. The number of rotatable bonds is 5. The number of likely N-dealkylation sites (tertiary alicyclic amines) is 1. The Balaban J connectivity index is 2.55. The van der Waals surface area contributed by atoms with Crippen molar-refractivity contribution in [1.82, 2.24) is 4.90 Å². The van der Waals surface area contributed by atoms with Crippen LogP contribution in [0.25, 0.3) is 0 Å². The molecule has 1 aliphatic rings. The Hall–Kier alpha value is -0.0400. The summed E-state index contributed by atoms with van der Waals surface area (Å²) in [7, 11) is 2.26. The largest absolute Gasteiger partial charge is 0.306 e.